The van der Waals surface area contributed by atoms with Gasteiger partial charge in [-0.05, 0) is 24.3 Å². The molecule has 2 heterocycles. The zero-order valence-electron chi connectivity index (χ0n) is 9.22. The molecule has 2 aromatic heterocycles. The standard InChI is InChI=1S/C12H9ClN2OS2/c13-11-4-2-8(18-11)6-17-12-15-9-3-1-7(14)5-10(9)16-12/h1-5H,6,14H2. The smallest absolute Gasteiger partial charge is 0.257 e. The molecular formula is C12H9ClN2OS2. The SMILES string of the molecule is Nc1ccc2nc(SCc3ccc(Cl)s3)oc2c1. The van der Waals surface area contributed by atoms with Crippen molar-refractivity contribution in [3.05, 3.63) is 39.5 Å². The Labute approximate surface area is 117 Å². The van der Waals surface area contributed by atoms with Crippen LogP contribution in [0.15, 0.2) is 40.0 Å². The molecule has 3 nitrogen and oxygen atoms in total. The van der Waals surface area contributed by atoms with Crippen LogP contribution in [0.3, 0.4) is 0 Å². The molecule has 0 atom stereocenters. The molecule has 0 saturated carbocycles. The first kappa shape index (κ1) is 11.9. The molecule has 3 rings (SSSR count). The Morgan fingerprint density at radius 3 is 3.00 bits per heavy atom. The summed E-state index contributed by atoms with van der Waals surface area (Å²) in [4.78, 5) is 5.59. The molecule has 0 bridgehead atoms. The lowest BCUT2D eigenvalue weighted by Crippen LogP contribution is -1.81. The van der Waals surface area contributed by atoms with E-state index in [1.807, 2.05) is 24.3 Å². The Morgan fingerprint density at radius 1 is 1.33 bits per heavy atom. The molecule has 0 saturated heterocycles. The summed E-state index contributed by atoms with van der Waals surface area (Å²) in [5.41, 5.74) is 7.93. The van der Waals surface area contributed by atoms with E-state index in [2.05, 4.69) is 4.98 Å². The van der Waals surface area contributed by atoms with Gasteiger partial charge < -0.3 is 10.2 Å². The van der Waals surface area contributed by atoms with Gasteiger partial charge in [-0.15, -0.1) is 11.3 Å². The minimum atomic E-state index is 0.653. The quantitative estimate of drug-likeness (QED) is 0.574. The second-order valence-corrected chi connectivity index (χ2v) is 6.43. The number of thiophene rings is 1. The van der Waals surface area contributed by atoms with Gasteiger partial charge in [0.25, 0.3) is 5.22 Å². The first-order valence-electron chi connectivity index (χ1n) is 5.24. The zero-order valence-corrected chi connectivity index (χ0v) is 11.6. The molecule has 1 aromatic carbocycles. The maximum atomic E-state index is 5.88. The van der Waals surface area contributed by atoms with Crippen LogP contribution in [0.2, 0.25) is 4.34 Å². The van der Waals surface area contributed by atoms with Crippen molar-refractivity contribution in [1.82, 2.24) is 4.98 Å². The molecule has 0 aliphatic carbocycles. The molecule has 2 N–H and O–H groups in total. The van der Waals surface area contributed by atoms with Gasteiger partial charge in [-0.25, -0.2) is 4.98 Å². The number of rotatable bonds is 3. The summed E-state index contributed by atoms with van der Waals surface area (Å²) in [5, 5.41) is 0.653. The van der Waals surface area contributed by atoms with E-state index < -0.39 is 0 Å². The van der Waals surface area contributed by atoms with E-state index in [4.69, 9.17) is 21.8 Å². The molecule has 18 heavy (non-hydrogen) atoms. The number of oxazole rings is 1. The number of anilines is 1. The first-order chi connectivity index (χ1) is 8.70. The predicted octanol–water partition coefficient (Wildman–Crippen LogP) is 4.42. The van der Waals surface area contributed by atoms with Gasteiger partial charge in [0.1, 0.15) is 5.52 Å². The Kier molecular flexibility index (Phi) is 3.20. The number of halogens is 1. The van der Waals surface area contributed by atoms with Crippen molar-refractivity contribution in [2.75, 3.05) is 5.73 Å². The monoisotopic (exact) mass is 296 g/mol. The Balaban J connectivity index is 1.78. The minimum absolute atomic E-state index is 0.653. The van der Waals surface area contributed by atoms with Crippen molar-refractivity contribution in [1.29, 1.82) is 0 Å². The van der Waals surface area contributed by atoms with Crippen molar-refractivity contribution < 1.29 is 4.42 Å². The van der Waals surface area contributed by atoms with Gasteiger partial charge in [0.15, 0.2) is 5.58 Å². The van der Waals surface area contributed by atoms with Crippen molar-refractivity contribution in [2.24, 2.45) is 0 Å². The van der Waals surface area contributed by atoms with E-state index in [9.17, 15) is 0 Å². The van der Waals surface area contributed by atoms with E-state index >= 15 is 0 Å². The fourth-order valence-corrected chi connectivity index (χ4v) is 3.51. The molecule has 6 heteroatoms. The molecule has 0 aliphatic rings. The van der Waals surface area contributed by atoms with Gasteiger partial charge in [-0.1, -0.05) is 23.4 Å². The number of nitrogens with zero attached hydrogens (tertiary/aromatic N) is 1. The summed E-state index contributed by atoms with van der Waals surface area (Å²) in [5.74, 6) is 0.805. The lowest BCUT2D eigenvalue weighted by molar-refractivity contribution is 0.489. The average molecular weight is 297 g/mol. The van der Waals surface area contributed by atoms with Crippen LogP contribution in [-0.4, -0.2) is 4.98 Å². The topological polar surface area (TPSA) is 52.0 Å². The molecule has 0 radical (unpaired) electrons. The first-order valence-corrected chi connectivity index (χ1v) is 7.42. The lowest BCUT2D eigenvalue weighted by atomic mass is 10.3. The Bertz CT molecular complexity index is 692. The van der Waals surface area contributed by atoms with E-state index in [1.54, 1.807) is 29.2 Å². The van der Waals surface area contributed by atoms with Gasteiger partial charge in [-0.2, -0.15) is 0 Å². The van der Waals surface area contributed by atoms with E-state index in [0.29, 0.717) is 10.9 Å². The number of hydrogen-bond donors (Lipinski definition) is 1. The third-order valence-electron chi connectivity index (χ3n) is 2.36. The van der Waals surface area contributed by atoms with Gasteiger partial charge in [0, 0.05) is 22.4 Å². The lowest BCUT2D eigenvalue weighted by Gasteiger charge is -1.92. The molecule has 0 aliphatic heterocycles. The summed E-state index contributed by atoms with van der Waals surface area (Å²) in [6.07, 6.45) is 0. The predicted molar refractivity (Wildman–Crippen MR) is 77.3 cm³/mol. The molecule has 3 aromatic rings. The third kappa shape index (κ3) is 2.48. The number of nitrogens with two attached hydrogens (primary N) is 1. The van der Waals surface area contributed by atoms with E-state index in [0.717, 1.165) is 21.2 Å². The fourth-order valence-electron chi connectivity index (χ4n) is 1.54. The van der Waals surface area contributed by atoms with Gasteiger partial charge in [-0.3, -0.25) is 0 Å². The number of nitrogen functional groups attached to an aromatic ring is 1. The van der Waals surface area contributed by atoms with Crippen molar-refractivity contribution in [3.8, 4) is 0 Å². The van der Waals surface area contributed by atoms with Crippen LogP contribution in [0.5, 0.6) is 0 Å². The Hall–Kier alpha value is -1.17. The summed E-state index contributed by atoms with van der Waals surface area (Å²) >= 11 is 9.00. The van der Waals surface area contributed by atoms with Crippen molar-refractivity contribution >= 4 is 51.5 Å². The molecule has 0 spiro atoms. The highest BCUT2D eigenvalue weighted by atomic mass is 35.5. The summed E-state index contributed by atoms with van der Waals surface area (Å²) in [7, 11) is 0. The minimum Gasteiger partial charge on any atom is -0.431 e. The second-order valence-electron chi connectivity index (χ2n) is 3.70. The van der Waals surface area contributed by atoms with Crippen LogP contribution in [0, 0.1) is 0 Å². The highest BCUT2D eigenvalue weighted by Crippen LogP contribution is 2.30. The van der Waals surface area contributed by atoms with Crippen LogP contribution in [0.1, 0.15) is 4.88 Å². The maximum absolute atomic E-state index is 5.88. The normalized spacial score (nSPS) is 11.2. The van der Waals surface area contributed by atoms with Crippen LogP contribution in [0.25, 0.3) is 11.1 Å². The van der Waals surface area contributed by atoms with Crippen molar-refractivity contribution in [3.63, 3.8) is 0 Å². The highest BCUT2D eigenvalue weighted by Gasteiger charge is 2.07. The average Bonchev–Trinajstić information content (AvgIpc) is 2.92. The van der Waals surface area contributed by atoms with E-state index in [-0.39, 0.29) is 0 Å². The van der Waals surface area contributed by atoms with Crippen LogP contribution in [-0.2, 0) is 5.75 Å². The second kappa shape index (κ2) is 4.84. The molecular weight excluding hydrogens is 288 g/mol. The summed E-state index contributed by atoms with van der Waals surface area (Å²) in [6, 6.07) is 9.38. The van der Waals surface area contributed by atoms with Crippen LogP contribution < -0.4 is 5.73 Å². The third-order valence-corrected chi connectivity index (χ3v) is 4.65. The van der Waals surface area contributed by atoms with Gasteiger partial charge in [0.2, 0.25) is 0 Å². The number of benzene rings is 1. The number of thioether (sulfide) groups is 1. The molecule has 0 fully saturated rings. The van der Waals surface area contributed by atoms with Gasteiger partial charge in [0.05, 0.1) is 4.34 Å². The maximum Gasteiger partial charge on any atom is 0.257 e. The summed E-state index contributed by atoms with van der Waals surface area (Å²) < 4.78 is 6.42. The molecule has 0 unspecified atom stereocenters. The Morgan fingerprint density at radius 2 is 2.22 bits per heavy atom. The fraction of sp³-hybridized carbons (Fsp3) is 0.0833. The molecule has 92 valence electrons. The van der Waals surface area contributed by atoms with Crippen LogP contribution >= 0.6 is 34.7 Å². The number of fused-ring (bicyclic) bond motifs is 1. The number of aromatic nitrogens is 1. The zero-order chi connectivity index (χ0) is 12.5. The van der Waals surface area contributed by atoms with E-state index in [1.165, 1.54) is 4.88 Å². The number of hydrogen-bond acceptors (Lipinski definition) is 5. The van der Waals surface area contributed by atoms with Crippen molar-refractivity contribution in [2.45, 2.75) is 11.0 Å². The molecule has 0 amide bonds. The highest BCUT2D eigenvalue weighted by molar-refractivity contribution is 7.98. The van der Waals surface area contributed by atoms with Crippen LogP contribution in [0.4, 0.5) is 5.69 Å². The van der Waals surface area contributed by atoms with Gasteiger partial charge >= 0.3 is 0 Å². The summed E-state index contributed by atoms with van der Waals surface area (Å²) in [6.45, 7) is 0. The largest absolute Gasteiger partial charge is 0.431 e.